The fourth-order valence-corrected chi connectivity index (χ4v) is 2.53. The van der Waals surface area contributed by atoms with Gasteiger partial charge in [0.15, 0.2) is 0 Å². The number of aliphatic hydroxyl groups is 1. The molecule has 20 heavy (non-hydrogen) atoms. The van der Waals surface area contributed by atoms with Crippen LogP contribution in [0.3, 0.4) is 0 Å². The maximum atomic E-state index is 13.6. The molecule has 1 N–H and O–H groups in total. The van der Waals surface area contributed by atoms with Gasteiger partial charge in [0.05, 0.1) is 10.6 Å². The van der Waals surface area contributed by atoms with E-state index in [0.29, 0.717) is 32.1 Å². The number of hydrogen-bond donors (Lipinski definition) is 1. The first-order valence-corrected chi connectivity index (χ1v) is 7.16. The van der Waals surface area contributed by atoms with E-state index in [0.717, 1.165) is 0 Å². The molecule has 0 radical (unpaired) electrons. The predicted octanol–water partition coefficient (Wildman–Crippen LogP) is 5.40. The van der Waals surface area contributed by atoms with E-state index in [2.05, 4.69) is 15.9 Å². The minimum absolute atomic E-state index is 0.372. The molecule has 1 unspecified atom stereocenters. The van der Waals surface area contributed by atoms with E-state index in [9.17, 15) is 9.50 Å². The summed E-state index contributed by atoms with van der Waals surface area (Å²) in [5, 5.41) is 10.3. The van der Waals surface area contributed by atoms with E-state index < -0.39 is 6.10 Å². The molecule has 0 fully saturated rings. The summed E-state index contributed by atoms with van der Waals surface area (Å²) >= 11 is 9.23. The second kappa shape index (κ2) is 6.12. The van der Waals surface area contributed by atoms with Gasteiger partial charge < -0.3 is 9.84 Å². The Hall–Kier alpha value is -1.10. The van der Waals surface area contributed by atoms with Crippen LogP contribution < -0.4 is 4.74 Å². The zero-order valence-corrected chi connectivity index (χ0v) is 13.3. The van der Waals surface area contributed by atoms with Crippen molar-refractivity contribution in [3.05, 3.63) is 56.8 Å². The van der Waals surface area contributed by atoms with Gasteiger partial charge in [0.2, 0.25) is 0 Å². The molecule has 0 bridgehead atoms. The minimum atomic E-state index is -0.828. The van der Waals surface area contributed by atoms with Gasteiger partial charge in [-0.05, 0) is 65.7 Å². The summed E-state index contributed by atoms with van der Waals surface area (Å²) in [5.74, 6) is 0.590. The summed E-state index contributed by atoms with van der Waals surface area (Å²) < 4.78 is 20.0. The highest BCUT2D eigenvalue weighted by Crippen LogP contribution is 2.36. The van der Waals surface area contributed by atoms with E-state index in [1.54, 1.807) is 38.1 Å². The van der Waals surface area contributed by atoms with Crippen molar-refractivity contribution in [1.82, 2.24) is 0 Å². The monoisotopic (exact) mass is 358 g/mol. The zero-order valence-electron chi connectivity index (χ0n) is 11.0. The molecular formula is C15H13BrClFO2. The van der Waals surface area contributed by atoms with Crippen molar-refractivity contribution in [3.8, 4) is 11.5 Å². The predicted molar refractivity (Wildman–Crippen MR) is 81.0 cm³/mol. The average Bonchev–Trinajstić information content (AvgIpc) is 2.36. The number of hydrogen-bond acceptors (Lipinski definition) is 2. The molecule has 0 saturated carbocycles. The van der Waals surface area contributed by atoms with Crippen molar-refractivity contribution in [2.24, 2.45) is 0 Å². The molecule has 0 heterocycles. The molecule has 2 aromatic carbocycles. The van der Waals surface area contributed by atoms with Gasteiger partial charge in [-0.2, -0.15) is 0 Å². The van der Waals surface area contributed by atoms with Crippen LogP contribution in [-0.2, 0) is 0 Å². The van der Waals surface area contributed by atoms with Crippen molar-refractivity contribution in [2.75, 3.05) is 0 Å². The summed E-state index contributed by atoms with van der Waals surface area (Å²) in [6.45, 7) is 3.21. The van der Waals surface area contributed by atoms with E-state index in [1.165, 1.54) is 6.07 Å². The first kappa shape index (κ1) is 15.3. The van der Waals surface area contributed by atoms with Gasteiger partial charge in [-0.15, -0.1) is 0 Å². The Balaban J connectivity index is 2.44. The molecule has 0 aliphatic rings. The van der Waals surface area contributed by atoms with E-state index in [-0.39, 0.29) is 5.82 Å². The fraction of sp³-hybridized carbons (Fsp3) is 0.200. The van der Waals surface area contributed by atoms with Crippen molar-refractivity contribution >= 4 is 27.5 Å². The van der Waals surface area contributed by atoms with Gasteiger partial charge in [-0.3, -0.25) is 0 Å². The molecule has 106 valence electrons. The molecule has 5 heteroatoms. The lowest BCUT2D eigenvalue weighted by atomic mass is 10.1. The van der Waals surface area contributed by atoms with Crippen LogP contribution in [0.4, 0.5) is 4.39 Å². The number of ether oxygens (including phenoxy) is 1. The SMILES string of the molecule is Cc1cc(Oc2ccc(Cl)cc2Br)c(C(C)O)cc1F. The van der Waals surface area contributed by atoms with Gasteiger partial charge in [-0.1, -0.05) is 11.6 Å². The van der Waals surface area contributed by atoms with E-state index in [1.807, 2.05) is 0 Å². The van der Waals surface area contributed by atoms with Crippen LogP contribution >= 0.6 is 27.5 Å². The van der Waals surface area contributed by atoms with Gasteiger partial charge in [0.25, 0.3) is 0 Å². The highest BCUT2D eigenvalue weighted by molar-refractivity contribution is 9.10. The van der Waals surface area contributed by atoms with Gasteiger partial charge in [0, 0.05) is 10.6 Å². The topological polar surface area (TPSA) is 29.5 Å². The first-order chi connectivity index (χ1) is 9.38. The van der Waals surface area contributed by atoms with Crippen LogP contribution in [0.15, 0.2) is 34.8 Å². The molecule has 2 nitrogen and oxygen atoms in total. The number of aliphatic hydroxyl groups excluding tert-OH is 1. The minimum Gasteiger partial charge on any atom is -0.456 e. The molecule has 0 aliphatic heterocycles. The Morgan fingerprint density at radius 1 is 1.25 bits per heavy atom. The summed E-state index contributed by atoms with van der Waals surface area (Å²) in [5.41, 5.74) is 0.851. The number of aryl methyl sites for hydroxylation is 1. The Morgan fingerprint density at radius 2 is 1.95 bits per heavy atom. The second-order valence-corrected chi connectivity index (χ2v) is 5.78. The van der Waals surface area contributed by atoms with E-state index in [4.69, 9.17) is 16.3 Å². The number of halogens is 3. The van der Waals surface area contributed by atoms with Crippen LogP contribution in [0.1, 0.15) is 24.2 Å². The summed E-state index contributed by atoms with van der Waals surface area (Å²) in [6.07, 6.45) is -0.828. The van der Waals surface area contributed by atoms with Crippen LogP contribution in [0.25, 0.3) is 0 Å². The van der Waals surface area contributed by atoms with Crippen LogP contribution in [0.5, 0.6) is 11.5 Å². The Bertz CT molecular complexity index is 644. The fourth-order valence-electron chi connectivity index (χ4n) is 1.76. The normalized spacial score (nSPS) is 12.3. The van der Waals surface area contributed by atoms with E-state index >= 15 is 0 Å². The molecular weight excluding hydrogens is 347 g/mol. The second-order valence-electron chi connectivity index (χ2n) is 4.49. The quantitative estimate of drug-likeness (QED) is 0.795. The molecule has 0 aromatic heterocycles. The zero-order chi connectivity index (χ0) is 14.9. The first-order valence-electron chi connectivity index (χ1n) is 5.99. The Morgan fingerprint density at radius 3 is 2.55 bits per heavy atom. The van der Waals surface area contributed by atoms with Gasteiger partial charge in [-0.25, -0.2) is 4.39 Å². The average molecular weight is 360 g/mol. The van der Waals surface area contributed by atoms with Crippen molar-refractivity contribution in [3.63, 3.8) is 0 Å². The molecule has 2 aromatic rings. The highest BCUT2D eigenvalue weighted by Gasteiger charge is 2.15. The third-order valence-electron chi connectivity index (χ3n) is 2.85. The summed E-state index contributed by atoms with van der Waals surface area (Å²) in [6, 6.07) is 7.96. The van der Waals surface area contributed by atoms with Gasteiger partial charge in [0.1, 0.15) is 17.3 Å². The lowest BCUT2D eigenvalue weighted by molar-refractivity contribution is 0.195. The molecule has 1 atom stereocenters. The molecule has 0 saturated heterocycles. The number of benzene rings is 2. The highest BCUT2D eigenvalue weighted by atomic mass is 79.9. The number of rotatable bonds is 3. The standard InChI is InChI=1S/C15H13BrClFO2/c1-8-5-15(11(9(2)19)7-13(8)18)20-14-4-3-10(17)6-12(14)16/h3-7,9,19H,1-2H3. The summed E-state index contributed by atoms with van der Waals surface area (Å²) in [7, 11) is 0. The maximum absolute atomic E-state index is 13.6. The summed E-state index contributed by atoms with van der Waals surface area (Å²) in [4.78, 5) is 0. The third kappa shape index (κ3) is 3.32. The van der Waals surface area contributed by atoms with Crippen LogP contribution in [0, 0.1) is 12.7 Å². The smallest absolute Gasteiger partial charge is 0.141 e. The van der Waals surface area contributed by atoms with Crippen LogP contribution in [-0.4, -0.2) is 5.11 Å². The maximum Gasteiger partial charge on any atom is 0.141 e. The van der Waals surface area contributed by atoms with Crippen molar-refractivity contribution in [2.45, 2.75) is 20.0 Å². The molecule has 0 aliphatic carbocycles. The van der Waals surface area contributed by atoms with Gasteiger partial charge >= 0.3 is 0 Å². The Labute approximate surface area is 130 Å². The lowest BCUT2D eigenvalue weighted by Gasteiger charge is -2.15. The Kier molecular flexibility index (Phi) is 4.68. The lowest BCUT2D eigenvalue weighted by Crippen LogP contribution is -1.99. The van der Waals surface area contributed by atoms with Crippen molar-refractivity contribution < 1.29 is 14.2 Å². The molecule has 0 amide bonds. The molecule has 0 spiro atoms. The van der Waals surface area contributed by atoms with Crippen molar-refractivity contribution in [1.29, 1.82) is 0 Å². The molecule has 2 rings (SSSR count). The van der Waals surface area contributed by atoms with Crippen LogP contribution in [0.2, 0.25) is 5.02 Å². The third-order valence-corrected chi connectivity index (χ3v) is 3.71. The largest absolute Gasteiger partial charge is 0.456 e.